The fourth-order valence-corrected chi connectivity index (χ4v) is 3.94. The summed E-state index contributed by atoms with van der Waals surface area (Å²) in [5.41, 5.74) is 1.76. The van der Waals surface area contributed by atoms with Gasteiger partial charge in [-0.15, -0.1) is 0 Å². The van der Waals surface area contributed by atoms with Crippen LogP contribution in [0.15, 0.2) is 29.0 Å². The van der Waals surface area contributed by atoms with Crippen LogP contribution in [0.3, 0.4) is 0 Å². The third kappa shape index (κ3) is 6.69. The quantitative estimate of drug-likeness (QED) is 0.428. The summed E-state index contributed by atoms with van der Waals surface area (Å²) < 4.78 is 7.67. The molecule has 0 amide bonds. The van der Waals surface area contributed by atoms with Crippen molar-refractivity contribution in [1.82, 2.24) is 8.75 Å². The molecule has 0 aliphatic carbocycles. The Balaban J connectivity index is 0.000000203. The average molecular weight is 421 g/mol. The van der Waals surface area contributed by atoms with Gasteiger partial charge in [-0.25, -0.2) is 9.59 Å². The first kappa shape index (κ1) is 22.0. The van der Waals surface area contributed by atoms with Crippen LogP contribution in [0.5, 0.6) is 0 Å². The van der Waals surface area contributed by atoms with Crippen molar-refractivity contribution in [1.29, 1.82) is 0 Å². The molecular weight excluding hydrogens is 396 g/mol. The van der Waals surface area contributed by atoms with Gasteiger partial charge in [-0.2, -0.15) is 20.1 Å². The van der Waals surface area contributed by atoms with Gasteiger partial charge in [0, 0.05) is 0 Å². The molecule has 0 atom stereocenters. The largest absolute Gasteiger partial charge is 0.478 e. The summed E-state index contributed by atoms with van der Waals surface area (Å²) in [7, 11) is 0. The van der Waals surface area contributed by atoms with E-state index in [-0.39, 0.29) is 11.1 Å². The van der Waals surface area contributed by atoms with Gasteiger partial charge in [0.2, 0.25) is 0 Å². The molecule has 0 saturated carbocycles. The van der Waals surface area contributed by atoms with Crippen molar-refractivity contribution in [2.24, 2.45) is 0 Å². The lowest BCUT2D eigenvalue weighted by atomic mass is 10.1. The van der Waals surface area contributed by atoms with E-state index in [9.17, 15) is 9.59 Å². The number of rotatable bonds is 9. The summed E-state index contributed by atoms with van der Waals surface area (Å²) in [5, 5.41) is 22.0. The molecule has 6 nitrogen and oxygen atoms in total. The third-order valence-electron chi connectivity index (χ3n) is 4.25. The van der Waals surface area contributed by atoms with E-state index in [1.807, 2.05) is 11.3 Å². The number of thiophene rings is 1. The Morgan fingerprint density at radius 1 is 0.929 bits per heavy atom. The van der Waals surface area contributed by atoms with Gasteiger partial charge in [0.25, 0.3) is 0 Å². The number of nitrogens with zero attached hydrogens (tertiary/aromatic N) is 2. The Morgan fingerprint density at radius 3 is 2.00 bits per heavy atom. The number of aromatic nitrogens is 2. The van der Waals surface area contributed by atoms with Crippen molar-refractivity contribution in [3.63, 3.8) is 0 Å². The minimum atomic E-state index is -1.29. The predicted molar refractivity (Wildman–Crippen MR) is 113 cm³/mol. The van der Waals surface area contributed by atoms with E-state index in [1.54, 1.807) is 0 Å². The zero-order chi connectivity index (χ0) is 20.4. The fraction of sp³-hybridized carbons (Fsp3) is 0.400. The second-order valence-electron chi connectivity index (χ2n) is 6.41. The Kier molecular flexibility index (Phi) is 9.03. The molecule has 0 aliphatic heterocycles. The van der Waals surface area contributed by atoms with Crippen molar-refractivity contribution in [3.05, 3.63) is 45.6 Å². The number of carboxylic acid groups (broad SMARTS) is 2. The Hall–Kier alpha value is -2.32. The molecule has 0 bridgehead atoms. The monoisotopic (exact) mass is 420 g/mol. The van der Waals surface area contributed by atoms with Crippen LogP contribution < -0.4 is 0 Å². The molecule has 0 radical (unpaired) electrons. The molecule has 0 saturated heterocycles. The zero-order valence-corrected chi connectivity index (χ0v) is 17.4. The molecule has 3 aromatic rings. The van der Waals surface area contributed by atoms with Gasteiger partial charge >= 0.3 is 11.9 Å². The van der Waals surface area contributed by atoms with Crippen molar-refractivity contribution < 1.29 is 19.8 Å². The summed E-state index contributed by atoms with van der Waals surface area (Å²) in [6, 6.07) is 4.67. The van der Waals surface area contributed by atoms with E-state index in [2.05, 4.69) is 32.5 Å². The molecule has 1 aromatic carbocycles. The smallest absolute Gasteiger partial charge is 0.336 e. The highest BCUT2D eigenvalue weighted by atomic mass is 32.1. The molecule has 0 aliphatic rings. The maximum absolute atomic E-state index is 10.8. The Morgan fingerprint density at radius 2 is 1.50 bits per heavy atom. The Labute approximate surface area is 172 Å². The molecule has 0 unspecified atom stereocenters. The van der Waals surface area contributed by atoms with E-state index in [1.165, 1.54) is 62.6 Å². The molecule has 3 rings (SSSR count). The van der Waals surface area contributed by atoms with E-state index >= 15 is 0 Å². The van der Waals surface area contributed by atoms with Crippen LogP contribution in [0.4, 0.5) is 0 Å². The lowest BCUT2D eigenvalue weighted by Crippen LogP contribution is -2.07. The minimum Gasteiger partial charge on any atom is -0.478 e. The predicted octanol–water partition coefficient (Wildman–Crippen LogP) is 5.74. The SMILES string of the molecule is CCCCCCCCc1ccsc1.O=C(O)c1cc2nsnc2cc1C(=O)O. The Bertz CT molecular complexity index is 843. The highest BCUT2D eigenvalue weighted by Crippen LogP contribution is 2.18. The van der Waals surface area contributed by atoms with Crippen LogP contribution in [-0.2, 0) is 6.42 Å². The lowest BCUT2D eigenvalue weighted by molar-refractivity contribution is 0.0652. The van der Waals surface area contributed by atoms with Crippen LogP contribution in [0.25, 0.3) is 11.0 Å². The number of fused-ring (bicyclic) bond motifs is 1. The van der Waals surface area contributed by atoms with Gasteiger partial charge < -0.3 is 10.2 Å². The summed E-state index contributed by atoms with van der Waals surface area (Å²) in [6.07, 6.45) is 9.70. The van der Waals surface area contributed by atoms with Crippen molar-refractivity contribution in [3.8, 4) is 0 Å². The average Bonchev–Trinajstić information content (AvgIpc) is 3.35. The number of unbranched alkanes of at least 4 members (excludes halogenated alkanes) is 5. The summed E-state index contributed by atoms with van der Waals surface area (Å²) in [5.74, 6) is -2.58. The highest BCUT2D eigenvalue weighted by Gasteiger charge is 2.18. The number of carbonyl (C=O) groups is 2. The van der Waals surface area contributed by atoms with E-state index in [0.717, 1.165) is 11.7 Å². The van der Waals surface area contributed by atoms with Gasteiger partial charge in [-0.1, -0.05) is 39.0 Å². The third-order valence-corrected chi connectivity index (χ3v) is 5.54. The second kappa shape index (κ2) is 11.5. The maximum atomic E-state index is 10.8. The molecule has 0 fully saturated rings. The minimum absolute atomic E-state index is 0.275. The number of hydrogen-bond donors (Lipinski definition) is 2. The van der Waals surface area contributed by atoms with Crippen LogP contribution >= 0.6 is 23.1 Å². The summed E-state index contributed by atoms with van der Waals surface area (Å²) in [4.78, 5) is 21.6. The van der Waals surface area contributed by atoms with Gasteiger partial charge in [0.05, 0.1) is 22.9 Å². The first-order valence-electron chi connectivity index (χ1n) is 9.27. The van der Waals surface area contributed by atoms with Gasteiger partial charge in [0.15, 0.2) is 0 Å². The van der Waals surface area contributed by atoms with E-state index < -0.39 is 11.9 Å². The number of aromatic carboxylic acids is 2. The van der Waals surface area contributed by atoms with Crippen LogP contribution in [0.1, 0.15) is 71.7 Å². The first-order valence-corrected chi connectivity index (χ1v) is 10.9. The first-order chi connectivity index (χ1) is 13.5. The molecule has 2 heterocycles. The standard InChI is InChI=1S/C12H20S.C8H4N2O4S/c1-2-3-4-5-6-7-8-12-9-10-13-11-12;11-7(12)3-1-5-6(10-15-9-5)2-4(3)8(13)14/h9-11H,2-8H2,1H3;1-2H,(H,11,12)(H,13,14). The van der Waals surface area contributed by atoms with Gasteiger partial charge in [0.1, 0.15) is 11.0 Å². The van der Waals surface area contributed by atoms with E-state index in [0.29, 0.717) is 11.0 Å². The van der Waals surface area contributed by atoms with Crippen molar-refractivity contribution >= 4 is 46.0 Å². The molecule has 2 N–H and O–H groups in total. The molecular formula is C20H24N2O4S2. The van der Waals surface area contributed by atoms with Crippen LogP contribution in [0.2, 0.25) is 0 Å². The number of benzene rings is 1. The molecule has 2 aromatic heterocycles. The second-order valence-corrected chi connectivity index (χ2v) is 7.72. The molecule has 8 heteroatoms. The maximum Gasteiger partial charge on any atom is 0.336 e. The zero-order valence-electron chi connectivity index (χ0n) is 15.8. The topological polar surface area (TPSA) is 100 Å². The van der Waals surface area contributed by atoms with E-state index in [4.69, 9.17) is 10.2 Å². The number of hydrogen-bond acceptors (Lipinski definition) is 6. The molecule has 0 spiro atoms. The van der Waals surface area contributed by atoms with Crippen LogP contribution in [0, 0.1) is 0 Å². The summed E-state index contributed by atoms with van der Waals surface area (Å²) >= 11 is 2.72. The van der Waals surface area contributed by atoms with Crippen molar-refractivity contribution in [2.45, 2.75) is 51.9 Å². The lowest BCUT2D eigenvalue weighted by Gasteiger charge is -1.99. The van der Waals surface area contributed by atoms with Gasteiger partial charge in [-0.05, 0) is 47.4 Å². The molecule has 150 valence electrons. The number of carboxylic acids is 2. The summed E-state index contributed by atoms with van der Waals surface area (Å²) in [6.45, 7) is 2.27. The van der Waals surface area contributed by atoms with Crippen LogP contribution in [-0.4, -0.2) is 30.9 Å². The molecule has 28 heavy (non-hydrogen) atoms. The van der Waals surface area contributed by atoms with Crippen molar-refractivity contribution in [2.75, 3.05) is 0 Å². The number of aryl methyl sites for hydroxylation is 1. The fourth-order valence-electron chi connectivity index (χ4n) is 2.73. The normalized spacial score (nSPS) is 10.5. The highest BCUT2D eigenvalue weighted by molar-refractivity contribution is 7.07. The van der Waals surface area contributed by atoms with Gasteiger partial charge in [-0.3, -0.25) is 0 Å².